The predicted octanol–water partition coefficient (Wildman–Crippen LogP) is 2.65. The number of piperidine rings is 1. The van der Waals surface area contributed by atoms with Crippen LogP contribution in [0.3, 0.4) is 0 Å². The third kappa shape index (κ3) is 2.82. The number of thiocyanates is 1. The minimum absolute atomic E-state index is 0.123. The molecule has 1 unspecified atom stereocenters. The van der Waals surface area contributed by atoms with Crippen LogP contribution >= 0.6 is 11.8 Å². The van der Waals surface area contributed by atoms with Crippen molar-refractivity contribution in [3.8, 4) is 5.40 Å². The summed E-state index contributed by atoms with van der Waals surface area (Å²) in [6, 6.07) is 0.205. The topological polar surface area (TPSA) is 95.9 Å². The number of nitriles is 1. The fraction of sp³-hybridized carbons (Fsp3) is 0.583. The minimum atomic E-state index is -0.490. The van der Waals surface area contributed by atoms with Gasteiger partial charge >= 0.3 is 5.69 Å². The van der Waals surface area contributed by atoms with Crippen molar-refractivity contribution in [2.75, 3.05) is 11.4 Å². The van der Waals surface area contributed by atoms with Crippen LogP contribution in [-0.2, 0) is 0 Å². The molecule has 7 nitrogen and oxygen atoms in total. The number of aromatic nitrogens is 2. The summed E-state index contributed by atoms with van der Waals surface area (Å²) in [5.41, 5.74) is -0.157. The van der Waals surface area contributed by atoms with E-state index in [1.54, 1.807) is 6.92 Å². The maximum Gasteiger partial charge on any atom is 0.344 e. The van der Waals surface area contributed by atoms with Gasteiger partial charge in [0.05, 0.1) is 4.92 Å². The van der Waals surface area contributed by atoms with Crippen molar-refractivity contribution in [2.45, 2.75) is 44.2 Å². The van der Waals surface area contributed by atoms with Gasteiger partial charge in [0.25, 0.3) is 0 Å². The van der Waals surface area contributed by atoms with Gasteiger partial charge in [-0.3, -0.25) is 10.1 Å². The molecule has 2 rings (SSSR count). The van der Waals surface area contributed by atoms with Crippen molar-refractivity contribution in [2.24, 2.45) is 0 Å². The van der Waals surface area contributed by atoms with Gasteiger partial charge < -0.3 is 4.90 Å². The maximum atomic E-state index is 11.4. The molecule has 1 saturated heterocycles. The van der Waals surface area contributed by atoms with Crippen molar-refractivity contribution < 1.29 is 4.92 Å². The summed E-state index contributed by atoms with van der Waals surface area (Å²) in [4.78, 5) is 21.1. The lowest BCUT2D eigenvalue weighted by atomic mass is 10.0. The molecule has 0 radical (unpaired) electrons. The summed E-state index contributed by atoms with van der Waals surface area (Å²) in [6.07, 6.45) is 3.10. The van der Waals surface area contributed by atoms with E-state index in [9.17, 15) is 10.1 Å². The standard InChI is InChI=1S/C12H15N5O2S/c1-8-5-3-4-6-16(8)11-10(17(18)19)12(20-7-13)15-9(2)14-11/h8H,3-6H2,1-2H3. The lowest BCUT2D eigenvalue weighted by molar-refractivity contribution is -0.387. The highest BCUT2D eigenvalue weighted by Gasteiger charge is 2.31. The van der Waals surface area contributed by atoms with Gasteiger partial charge in [0.2, 0.25) is 5.82 Å². The zero-order valence-electron chi connectivity index (χ0n) is 11.4. The van der Waals surface area contributed by atoms with Crippen LogP contribution in [0.4, 0.5) is 11.5 Å². The van der Waals surface area contributed by atoms with Crippen LogP contribution in [0.15, 0.2) is 5.03 Å². The molecule has 8 heteroatoms. The molecule has 1 aromatic rings. The first-order valence-corrected chi connectivity index (χ1v) is 7.22. The summed E-state index contributed by atoms with van der Waals surface area (Å²) < 4.78 is 0. The molecule has 2 heterocycles. The van der Waals surface area contributed by atoms with Crippen molar-refractivity contribution in [1.29, 1.82) is 5.26 Å². The molecule has 1 aliphatic heterocycles. The summed E-state index contributed by atoms with van der Waals surface area (Å²) in [5.74, 6) is 0.786. The highest BCUT2D eigenvalue weighted by atomic mass is 32.2. The second-order valence-electron chi connectivity index (χ2n) is 4.74. The fourth-order valence-electron chi connectivity index (χ4n) is 2.41. The number of thioether (sulfide) groups is 1. The molecule has 0 aliphatic carbocycles. The minimum Gasteiger partial charge on any atom is -0.348 e. The van der Waals surface area contributed by atoms with Crippen molar-refractivity contribution in [3.63, 3.8) is 0 Å². The molecule has 0 N–H and O–H groups in total. The Morgan fingerprint density at radius 1 is 1.50 bits per heavy atom. The summed E-state index contributed by atoms with van der Waals surface area (Å²) >= 11 is 0.710. The number of aryl methyl sites for hydroxylation is 1. The van der Waals surface area contributed by atoms with Crippen LogP contribution in [0.25, 0.3) is 0 Å². The molecule has 0 amide bonds. The average molecular weight is 293 g/mol. The molecule has 20 heavy (non-hydrogen) atoms. The number of hydrogen-bond donors (Lipinski definition) is 0. The lowest BCUT2D eigenvalue weighted by Crippen LogP contribution is -2.38. The molecular weight excluding hydrogens is 278 g/mol. The van der Waals surface area contributed by atoms with Crippen LogP contribution in [0, 0.1) is 27.7 Å². The number of anilines is 1. The number of nitrogens with zero attached hydrogens (tertiary/aromatic N) is 5. The van der Waals surface area contributed by atoms with Gasteiger partial charge in [-0.05, 0) is 33.1 Å². The summed E-state index contributed by atoms with van der Waals surface area (Å²) in [6.45, 7) is 4.47. The van der Waals surface area contributed by atoms with Crippen molar-refractivity contribution in [1.82, 2.24) is 9.97 Å². The van der Waals surface area contributed by atoms with Gasteiger partial charge in [0, 0.05) is 24.3 Å². The monoisotopic (exact) mass is 293 g/mol. The molecule has 1 aliphatic rings. The van der Waals surface area contributed by atoms with E-state index in [-0.39, 0.29) is 16.8 Å². The van der Waals surface area contributed by atoms with Gasteiger partial charge in [0.15, 0.2) is 5.03 Å². The Kier molecular flexibility index (Phi) is 4.39. The number of hydrogen-bond acceptors (Lipinski definition) is 7. The Labute approximate surface area is 121 Å². The molecule has 0 bridgehead atoms. The Morgan fingerprint density at radius 3 is 2.85 bits per heavy atom. The first-order chi connectivity index (χ1) is 9.54. The second-order valence-corrected chi connectivity index (χ2v) is 5.51. The lowest BCUT2D eigenvalue weighted by Gasteiger charge is -2.34. The highest BCUT2D eigenvalue weighted by molar-refractivity contribution is 8.03. The molecule has 1 atom stereocenters. The SMILES string of the molecule is Cc1nc(SC#N)c([N+](=O)[O-])c(N2CCCCC2C)n1. The Bertz CT molecular complexity index is 572. The highest BCUT2D eigenvalue weighted by Crippen LogP contribution is 2.37. The summed E-state index contributed by atoms with van der Waals surface area (Å²) in [7, 11) is 0. The molecule has 0 saturated carbocycles. The van der Waals surface area contributed by atoms with Gasteiger partial charge in [-0.25, -0.2) is 9.97 Å². The average Bonchev–Trinajstić information content (AvgIpc) is 2.38. The van der Waals surface area contributed by atoms with E-state index in [4.69, 9.17) is 5.26 Å². The fourth-order valence-corrected chi connectivity index (χ4v) is 2.94. The van der Waals surface area contributed by atoms with E-state index in [2.05, 4.69) is 9.97 Å². The van der Waals surface area contributed by atoms with Crippen LogP contribution in [0.1, 0.15) is 32.0 Å². The predicted molar refractivity (Wildman–Crippen MR) is 75.6 cm³/mol. The van der Waals surface area contributed by atoms with E-state index < -0.39 is 4.92 Å². The molecule has 106 valence electrons. The molecule has 0 aromatic carbocycles. The first-order valence-electron chi connectivity index (χ1n) is 6.40. The van der Waals surface area contributed by atoms with E-state index in [0.29, 0.717) is 23.4 Å². The third-order valence-corrected chi connectivity index (χ3v) is 3.91. The Morgan fingerprint density at radius 2 is 2.25 bits per heavy atom. The van der Waals surface area contributed by atoms with Crippen molar-refractivity contribution in [3.05, 3.63) is 15.9 Å². The van der Waals surface area contributed by atoms with Gasteiger partial charge in [-0.2, -0.15) is 5.26 Å². The van der Waals surface area contributed by atoms with E-state index in [1.807, 2.05) is 17.2 Å². The molecule has 1 fully saturated rings. The van der Waals surface area contributed by atoms with Crippen LogP contribution in [0.2, 0.25) is 0 Å². The maximum absolute atomic E-state index is 11.4. The van der Waals surface area contributed by atoms with Crippen molar-refractivity contribution >= 4 is 23.3 Å². The summed E-state index contributed by atoms with van der Waals surface area (Å²) in [5, 5.41) is 22.1. The quantitative estimate of drug-likeness (QED) is 0.278. The zero-order chi connectivity index (χ0) is 14.7. The van der Waals surface area contributed by atoms with Gasteiger partial charge in [-0.1, -0.05) is 0 Å². The first kappa shape index (κ1) is 14.5. The zero-order valence-corrected chi connectivity index (χ0v) is 12.2. The van der Waals surface area contributed by atoms with Gasteiger partial charge in [-0.15, -0.1) is 0 Å². The molecular formula is C12H15N5O2S. The van der Waals surface area contributed by atoms with Crippen LogP contribution in [0.5, 0.6) is 0 Å². The third-order valence-electron chi connectivity index (χ3n) is 3.35. The van der Waals surface area contributed by atoms with E-state index in [1.165, 1.54) is 0 Å². The largest absolute Gasteiger partial charge is 0.348 e. The van der Waals surface area contributed by atoms with Gasteiger partial charge in [0.1, 0.15) is 11.2 Å². The Balaban J connectivity index is 2.55. The van der Waals surface area contributed by atoms with Crippen LogP contribution in [-0.4, -0.2) is 27.5 Å². The van der Waals surface area contributed by atoms with E-state index >= 15 is 0 Å². The normalized spacial score (nSPS) is 18.6. The molecule has 1 aromatic heterocycles. The smallest absolute Gasteiger partial charge is 0.344 e. The number of nitro groups is 1. The number of rotatable bonds is 3. The van der Waals surface area contributed by atoms with Crippen LogP contribution < -0.4 is 4.90 Å². The second kappa shape index (κ2) is 6.05. The Hall–Kier alpha value is -1.88. The van der Waals surface area contributed by atoms with E-state index in [0.717, 1.165) is 25.8 Å². The molecule has 0 spiro atoms.